The van der Waals surface area contributed by atoms with Gasteiger partial charge in [-0.1, -0.05) is 0 Å². The second-order valence-corrected chi connectivity index (χ2v) is 5.74. The van der Waals surface area contributed by atoms with Crippen LogP contribution in [0.1, 0.15) is 29.7 Å². The van der Waals surface area contributed by atoms with Crippen LogP contribution in [0.3, 0.4) is 0 Å². The summed E-state index contributed by atoms with van der Waals surface area (Å²) >= 11 is 0. The van der Waals surface area contributed by atoms with Crippen molar-refractivity contribution in [2.45, 2.75) is 40.8 Å². The number of nitrogens with one attached hydrogen (secondary N) is 1. The standard InChI is InChI=1S/C17H23N5/c1-6-22-12(3)15(11(2)20-22)10-18-14-7-8-17-16(9-14)19-13(4)21(17)5/h7-9,18H,6,10H2,1-5H3. The summed E-state index contributed by atoms with van der Waals surface area (Å²) in [5.41, 5.74) is 6.90. The summed E-state index contributed by atoms with van der Waals surface area (Å²) in [6.07, 6.45) is 0. The number of aromatic nitrogens is 4. The van der Waals surface area contributed by atoms with Gasteiger partial charge in [0.25, 0.3) is 0 Å². The van der Waals surface area contributed by atoms with Crippen LogP contribution in [0.25, 0.3) is 11.0 Å². The van der Waals surface area contributed by atoms with Crippen LogP contribution in [0.4, 0.5) is 5.69 Å². The normalized spacial score (nSPS) is 11.3. The predicted molar refractivity (Wildman–Crippen MR) is 90.2 cm³/mol. The van der Waals surface area contributed by atoms with Gasteiger partial charge in [0.15, 0.2) is 0 Å². The van der Waals surface area contributed by atoms with Crippen LogP contribution in [0.2, 0.25) is 0 Å². The Morgan fingerprint density at radius 2 is 1.95 bits per heavy atom. The Morgan fingerprint density at radius 3 is 2.64 bits per heavy atom. The average molecular weight is 297 g/mol. The maximum absolute atomic E-state index is 4.59. The van der Waals surface area contributed by atoms with Crippen LogP contribution in [0, 0.1) is 20.8 Å². The predicted octanol–water partition coefficient (Wildman–Crippen LogP) is 3.33. The van der Waals surface area contributed by atoms with Crippen LogP contribution in [0.15, 0.2) is 18.2 Å². The minimum atomic E-state index is 0.787. The van der Waals surface area contributed by atoms with Crippen molar-refractivity contribution in [2.24, 2.45) is 7.05 Å². The van der Waals surface area contributed by atoms with Crippen molar-refractivity contribution >= 4 is 16.7 Å². The molecule has 0 fully saturated rings. The third-order valence-electron chi connectivity index (χ3n) is 4.40. The molecule has 0 aliphatic carbocycles. The molecule has 0 radical (unpaired) electrons. The largest absolute Gasteiger partial charge is 0.381 e. The zero-order valence-electron chi connectivity index (χ0n) is 13.9. The minimum absolute atomic E-state index is 0.787. The maximum Gasteiger partial charge on any atom is 0.106 e. The summed E-state index contributed by atoms with van der Waals surface area (Å²) in [5.74, 6) is 1.03. The SMILES string of the molecule is CCn1nc(C)c(CNc2ccc3c(c2)nc(C)n3C)c1C. The van der Waals surface area contributed by atoms with Crippen LogP contribution in [-0.4, -0.2) is 19.3 Å². The highest BCUT2D eigenvalue weighted by Crippen LogP contribution is 2.21. The molecule has 0 unspecified atom stereocenters. The molecule has 2 heterocycles. The first kappa shape index (κ1) is 14.6. The van der Waals surface area contributed by atoms with Crippen molar-refractivity contribution in [3.8, 4) is 0 Å². The fourth-order valence-electron chi connectivity index (χ4n) is 2.92. The fourth-order valence-corrected chi connectivity index (χ4v) is 2.92. The van der Waals surface area contributed by atoms with Crippen LogP contribution < -0.4 is 5.32 Å². The van der Waals surface area contributed by atoms with E-state index in [2.05, 4.69) is 63.6 Å². The molecule has 2 aromatic heterocycles. The van der Waals surface area contributed by atoms with Gasteiger partial charge in [0.05, 0.1) is 16.7 Å². The van der Waals surface area contributed by atoms with Gasteiger partial charge >= 0.3 is 0 Å². The first-order chi connectivity index (χ1) is 10.5. The van der Waals surface area contributed by atoms with Crippen LogP contribution in [0.5, 0.6) is 0 Å². The number of fused-ring (bicyclic) bond motifs is 1. The molecule has 0 saturated heterocycles. The van der Waals surface area contributed by atoms with Crippen molar-refractivity contribution < 1.29 is 0 Å². The van der Waals surface area contributed by atoms with Gasteiger partial charge in [-0.25, -0.2) is 4.98 Å². The second kappa shape index (κ2) is 5.48. The molecular weight excluding hydrogens is 274 g/mol. The van der Waals surface area contributed by atoms with Gasteiger partial charge in [0.1, 0.15) is 5.82 Å². The summed E-state index contributed by atoms with van der Waals surface area (Å²) in [6.45, 7) is 10.0. The Labute approximate surface area is 131 Å². The zero-order valence-corrected chi connectivity index (χ0v) is 13.9. The average Bonchev–Trinajstić information content (AvgIpc) is 2.94. The molecule has 5 nitrogen and oxygen atoms in total. The molecule has 0 bridgehead atoms. The van der Waals surface area contributed by atoms with Gasteiger partial charge in [-0.3, -0.25) is 4.68 Å². The van der Waals surface area contributed by atoms with Crippen molar-refractivity contribution in [1.29, 1.82) is 0 Å². The molecule has 0 aliphatic heterocycles. The number of hydrogen-bond donors (Lipinski definition) is 1. The highest BCUT2D eigenvalue weighted by molar-refractivity contribution is 5.80. The lowest BCUT2D eigenvalue weighted by Crippen LogP contribution is -2.03. The Balaban J connectivity index is 1.83. The lowest BCUT2D eigenvalue weighted by atomic mass is 10.2. The van der Waals surface area contributed by atoms with Crippen molar-refractivity contribution in [3.05, 3.63) is 41.0 Å². The van der Waals surface area contributed by atoms with Crippen molar-refractivity contribution in [3.63, 3.8) is 0 Å². The van der Waals surface area contributed by atoms with Crippen LogP contribution >= 0.6 is 0 Å². The lowest BCUT2D eigenvalue weighted by molar-refractivity contribution is 0.633. The van der Waals surface area contributed by atoms with Gasteiger partial charge in [-0.15, -0.1) is 0 Å². The van der Waals surface area contributed by atoms with Gasteiger partial charge in [-0.2, -0.15) is 5.10 Å². The number of rotatable bonds is 4. The van der Waals surface area contributed by atoms with E-state index in [9.17, 15) is 0 Å². The summed E-state index contributed by atoms with van der Waals surface area (Å²) in [6, 6.07) is 6.34. The molecule has 0 amide bonds. The summed E-state index contributed by atoms with van der Waals surface area (Å²) in [7, 11) is 2.05. The number of hydrogen-bond acceptors (Lipinski definition) is 3. The second-order valence-electron chi connectivity index (χ2n) is 5.74. The molecule has 1 aromatic carbocycles. The molecule has 3 aromatic rings. The van der Waals surface area contributed by atoms with Crippen molar-refractivity contribution in [2.75, 3.05) is 5.32 Å². The molecule has 0 atom stereocenters. The van der Waals surface area contributed by atoms with E-state index in [0.29, 0.717) is 0 Å². The summed E-state index contributed by atoms with van der Waals surface area (Å²) in [4.78, 5) is 4.59. The van der Waals surface area contributed by atoms with E-state index in [1.54, 1.807) is 0 Å². The molecule has 5 heteroatoms. The monoisotopic (exact) mass is 297 g/mol. The zero-order chi connectivity index (χ0) is 15.9. The van der Waals surface area contributed by atoms with E-state index in [-0.39, 0.29) is 0 Å². The van der Waals surface area contributed by atoms with E-state index in [0.717, 1.165) is 41.3 Å². The van der Waals surface area contributed by atoms with Gasteiger partial charge in [0.2, 0.25) is 0 Å². The lowest BCUT2D eigenvalue weighted by Gasteiger charge is -2.07. The summed E-state index contributed by atoms with van der Waals surface area (Å²) in [5, 5.41) is 8.07. The van der Waals surface area contributed by atoms with E-state index < -0.39 is 0 Å². The number of imidazole rings is 1. The molecule has 22 heavy (non-hydrogen) atoms. The minimum Gasteiger partial charge on any atom is -0.381 e. The van der Waals surface area contributed by atoms with E-state index in [1.165, 1.54) is 11.3 Å². The Kier molecular flexibility index (Phi) is 3.64. The molecule has 0 spiro atoms. The quantitative estimate of drug-likeness (QED) is 0.803. The number of benzene rings is 1. The number of aryl methyl sites for hydroxylation is 4. The fraction of sp³-hybridized carbons (Fsp3) is 0.412. The molecule has 1 N–H and O–H groups in total. The van der Waals surface area contributed by atoms with Crippen molar-refractivity contribution in [1.82, 2.24) is 19.3 Å². The first-order valence-electron chi connectivity index (χ1n) is 7.71. The third kappa shape index (κ3) is 2.36. The van der Waals surface area contributed by atoms with Gasteiger partial charge in [-0.05, 0) is 45.9 Å². The molecule has 3 rings (SSSR count). The number of nitrogens with zero attached hydrogens (tertiary/aromatic N) is 4. The molecular formula is C17H23N5. The molecule has 0 aliphatic rings. The molecule has 0 saturated carbocycles. The topological polar surface area (TPSA) is 47.7 Å². The Morgan fingerprint density at radius 1 is 1.18 bits per heavy atom. The van der Waals surface area contributed by atoms with Gasteiger partial charge in [0, 0.05) is 37.1 Å². The Hall–Kier alpha value is -2.30. The first-order valence-corrected chi connectivity index (χ1v) is 7.71. The Bertz CT molecular complexity index is 825. The summed E-state index contributed by atoms with van der Waals surface area (Å²) < 4.78 is 4.16. The van der Waals surface area contributed by atoms with Gasteiger partial charge < -0.3 is 9.88 Å². The van der Waals surface area contributed by atoms with E-state index in [4.69, 9.17) is 0 Å². The highest BCUT2D eigenvalue weighted by Gasteiger charge is 2.10. The van der Waals surface area contributed by atoms with E-state index >= 15 is 0 Å². The highest BCUT2D eigenvalue weighted by atomic mass is 15.3. The smallest absolute Gasteiger partial charge is 0.106 e. The van der Waals surface area contributed by atoms with E-state index in [1.807, 2.05) is 14.0 Å². The maximum atomic E-state index is 4.59. The molecule has 116 valence electrons. The van der Waals surface area contributed by atoms with Crippen LogP contribution in [-0.2, 0) is 20.1 Å². The number of anilines is 1. The third-order valence-corrected chi connectivity index (χ3v) is 4.40.